The number of halogens is 1. The van der Waals surface area contributed by atoms with Crippen LogP contribution in [0, 0.1) is 0 Å². The number of guanidine groups is 1. The van der Waals surface area contributed by atoms with Crippen molar-refractivity contribution in [2.45, 2.75) is 71.0 Å². The lowest BCUT2D eigenvalue weighted by atomic mass is 10.1. The fraction of sp³-hybridized carbons (Fsp3) is 0.619. The molecule has 0 radical (unpaired) electrons. The Kier molecular flexibility index (Phi) is 12.0. The minimum absolute atomic E-state index is 0. The second kappa shape index (κ2) is 13.7. The van der Waals surface area contributed by atoms with E-state index in [2.05, 4.69) is 38.1 Å². The molecule has 152 valence electrons. The standard InChI is InChI=1S/C12H16N4.C9H19N.BrH/c1-12(2)15-9-14-11(16-12)13-8-10-6-4-3-5-7-10;1-2-4-6-8-10-9-7-5-3-1;/h3-7,9H,8H2,1-2H3,(H2,13,14,15,16);10H,1-9H2;1H. The fourth-order valence-corrected chi connectivity index (χ4v) is 2.96. The van der Waals surface area contributed by atoms with E-state index in [1.54, 1.807) is 6.34 Å². The van der Waals surface area contributed by atoms with Gasteiger partial charge in [-0.1, -0.05) is 62.4 Å². The van der Waals surface area contributed by atoms with Gasteiger partial charge in [0, 0.05) is 0 Å². The molecule has 2 aliphatic heterocycles. The summed E-state index contributed by atoms with van der Waals surface area (Å²) in [4.78, 5) is 8.69. The molecular formula is C21H36BrN5. The van der Waals surface area contributed by atoms with Crippen LogP contribution in [0.25, 0.3) is 0 Å². The number of benzene rings is 1. The van der Waals surface area contributed by atoms with Gasteiger partial charge in [-0.3, -0.25) is 0 Å². The Labute approximate surface area is 175 Å². The summed E-state index contributed by atoms with van der Waals surface area (Å²) in [6.07, 6.45) is 11.7. The molecule has 3 N–H and O–H groups in total. The van der Waals surface area contributed by atoms with Crippen LogP contribution in [-0.2, 0) is 6.54 Å². The minimum atomic E-state index is -0.277. The van der Waals surface area contributed by atoms with Crippen LogP contribution in [0.3, 0.4) is 0 Å². The largest absolute Gasteiger partial charge is 0.332 e. The van der Waals surface area contributed by atoms with Crippen molar-refractivity contribution in [3.63, 3.8) is 0 Å². The van der Waals surface area contributed by atoms with Gasteiger partial charge in [-0.05, 0) is 45.3 Å². The Hall–Kier alpha value is -1.40. The molecule has 0 saturated carbocycles. The average Bonchev–Trinajstić information content (AvgIpc) is 2.65. The number of rotatable bonds is 2. The summed E-state index contributed by atoms with van der Waals surface area (Å²) >= 11 is 0. The predicted molar refractivity (Wildman–Crippen MR) is 122 cm³/mol. The van der Waals surface area contributed by atoms with Crippen LogP contribution in [0.1, 0.15) is 64.4 Å². The third-order valence-electron chi connectivity index (χ3n) is 4.48. The topological polar surface area (TPSA) is 60.8 Å². The van der Waals surface area contributed by atoms with E-state index in [0.717, 1.165) is 5.96 Å². The highest BCUT2D eigenvalue weighted by Crippen LogP contribution is 2.08. The van der Waals surface area contributed by atoms with E-state index in [4.69, 9.17) is 0 Å². The lowest BCUT2D eigenvalue weighted by molar-refractivity contribution is 0.472. The predicted octanol–water partition coefficient (Wildman–Crippen LogP) is 4.40. The van der Waals surface area contributed by atoms with Crippen molar-refractivity contribution in [3.05, 3.63) is 35.9 Å². The SMILES string of the molecule is Br.C1CCCCNCCCC1.CC1(C)N=CNC(=NCc2ccccc2)N1. The molecule has 0 atom stereocenters. The van der Waals surface area contributed by atoms with Gasteiger partial charge in [-0.15, -0.1) is 17.0 Å². The molecule has 1 aromatic carbocycles. The molecule has 0 spiro atoms. The lowest BCUT2D eigenvalue weighted by Crippen LogP contribution is -2.52. The highest BCUT2D eigenvalue weighted by atomic mass is 79.9. The van der Waals surface area contributed by atoms with Crippen LogP contribution >= 0.6 is 17.0 Å². The molecule has 1 fully saturated rings. The molecule has 3 rings (SSSR count). The van der Waals surface area contributed by atoms with Gasteiger partial charge in [0.25, 0.3) is 0 Å². The van der Waals surface area contributed by atoms with E-state index in [0.29, 0.717) is 6.54 Å². The van der Waals surface area contributed by atoms with E-state index >= 15 is 0 Å². The quantitative estimate of drug-likeness (QED) is 0.642. The zero-order chi connectivity index (χ0) is 18.5. The van der Waals surface area contributed by atoms with Crippen LogP contribution in [0.2, 0.25) is 0 Å². The summed E-state index contributed by atoms with van der Waals surface area (Å²) in [5.74, 6) is 0.767. The van der Waals surface area contributed by atoms with Gasteiger partial charge in [0.2, 0.25) is 0 Å². The zero-order valence-corrected chi connectivity index (χ0v) is 18.6. The van der Waals surface area contributed by atoms with Crippen molar-refractivity contribution in [1.29, 1.82) is 0 Å². The number of aliphatic imine (C=N–C) groups is 2. The first-order chi connectivity index (χ1) is 12.7. The molecule has 0 amide bonds. The van der Waals surface area contributed by atoms with Crippen LogP contribution in [0.15, 0.2) is 40.3 Å². The Balaban J connectivity index is 0.000000288. The summed E-state index contributed by atoms with van der Waals surface area (Å²) < 4.78 is 0. The monoisotopic (exact) mass is 437 g/mol. The summed E-state index contributed by atoms with van der Waals surface area (Å²) in [6.45, 7) is 7.17. The molecular weight excluding hydrogens is 402 g/mol. The smallest absolute Gasteiger partial charge is 0.198 e. The van der Waals surface area contributed by atoms with Gasteiger partial charge in [-0.2, -0.15) is 0 Å². The summed E-state index contributed by atoms with van der Waals surface area (Å²) in [7, 11) is 0. The maximum atomic E-state index is 4.45. The maximum absolute atomic E-state index is 4.45. The molecule has 6 heteroatoms. The number of hydrogen-bond donors (Lipinski definition) is 3. The van der Waals surface area contributed by atoms with E-state index in [9.17, 15) is 0 Å². The van der Waals surface area contributed by atoms with Gasteiger partial charge in [0.1, 0.15) is 5.66 Å². The highest BCUT2D eigenvalue weighted by molar-refractivity contribution is 8.93. The third-order valence-corrected chi connectivity index (χ3v) is 4.48. The Bertz CT molecular complexity index is 524. The molecule has 2 aliphatic rings. The Morgan fingerprint density at radius 1 is 0.926 bits per heavy atom. The molecule has 0 bridgehead atoms. The van der Waals surface area contributed by atoms with Crippen molar-refractivity contribution in [2.75, 3.05) is 13.1 Å². The molecule has 0 aliphatic carbocycles. The van der Waals surface area contributed by atoms with Crippen molar-refractivity contribution in [3.8, 4) is 0 Å². The van der Waals surface area contributed by atoms with Crippen LogP contribution in [-0.4, -0.2) is 31.1 Å². The minimum Gasteiger partial charge on any atom is -0.332 e. The van der Waals surface area contributed by atoms with Crippen molar-refractivity contribution in [1.82, 2.24) is 16.0 Å². The van der Waals surface area contributed by atoms with Gasteiger partial charge >= 0.3 is 0 Å². The zero-order valence-electron chi connectivity index (χ0n) is 16.8. The van der Waals surface area contributed by atoms with Crippen LogP contribution in [0.5, 0.6) is 0 Å². The fourth-order valence-electron chi connectivity index (χ4n) is 2.96. The summed E-state index contributed by atoms with van der Waals surface area (Å²) in [6, 6.07) is 10.2. The van der Waals surface area contributed by atoms with Gasteiger partial charge < -0.3 is 16.0 Å². The van der Waals surface area contributed by atoms with E-state index in [-0.39, 0.29) is 22.6 Å². The molecule has 0 unspecified atom stereocenters. The number of hydrogen-bond acceptors (Lipinski definition) is 3. The Morgan fingerprint density at radius 3 is 2.11 bits per heavy atom. The van der Waals surface area contributed by atoms with Crippen molar-refractivity contribution >= 4 is 29.3 Å². The highest BCUT2D eigenvalue weighted by Gasteiger charge is 2.19. The van der Waals surface area contributed by atoms with Crippen LogP contribution in [0.4, 0.5) is 0 Å². The van der Waals surface area contributed by atoms with Crippen molar-refractivity contribution < 1.29 is 0 Å². The van der Waals surface area contributed by atoms with E-state index < -0.39 is 0 Å². The molecule has 1 saturated heterocycles. The number of nitrogens with zero attached hydrogens (tertiary/aromatic N) is 2. The van der Waals surface area contributed by atoms with Crippen molar-refractivity contribution in [2.24, 2.45) is 9.98 Å². The van der Waals surface area contributed by atoms with E-state index in [1.165, 1.54) is 63.6 Å². The normalized spacial score (nSPS) is 20.9. The third kappa shape index (κ3) is 11.1. The molecule has 2 heterocycles. The first kappa shape index (κ1) is 23.6. The Morgan fingerprint density at radius 2 is 1.52 bits per heavy atom. The molecule has 5 nitrogen and oxygen atoms in total. The first-order valence-corrected chi connectivity index (χ1v) is 10.0. The van der Waals surface area contributed by atoms with Gasteiger partial charge in [0.05, 0.1) is 12.9 Å². The van der Waals surface area contributed by atoms with Crippen LogP contribution < -0.4 is 16.0 Å². The lowest BCUT2D eigenvalue weighted by Gasteiger charge is -2.27. The van der Waals surface area contributed by atoms with Gasteiger partial charge in [0.15, 0.2) is 5.96 Å². The first-order valence-electron chi connectivity index (χ1n) is 10.0. The number of nitrogens with one attached hydrogen (secondary N) is 3. The summed E-state index contributed by atoms with van der Waals surface area (Å²) in [5.41, 5.74) is 0.916. The molecule has 1 aromatic rings. The second-order valence-corrected chi connectivity index (χ2v) is 7.46. The maximum Gasteiger partial charge on any atom is 0.198 e. The second-order valence-electron chi connectivity index (χ2n) is 7.46. The van der Waals surface area contributed by atoms with E-state index in [1.807, 2.05) is 32.0 Å². The average molecular weight is 438 g/mol. The molecule has 0 aromatic heterocycles. The van der Waals surface area contributed by atoms with Gasteiger partial charge in [-0.25, -0.2) is 9.98 Å². The molecule has 27 heavy (non-hydrogen) atoms. The summed E-state index contributed by atoms with van der Waals surface area (Å²) in [5, 5.41) is 9.65.